The van der Waals surface area contributed by atoms with Crippen LogP contribution in [0.2, 0.25) is 0 Å². The van der Waals surface area contributed by atoms with Crippen LogP contribution in [0.15, 0.2) is 28.4 Å². The van der Waals surface area contributed by atoms with E-state index in [9.17, 15) is 4.79 Å². The molecule has 1 aliphatic rings. The van der Waals surface area contributed by atoms with Crippen LogP contribution in [0, 0.1) is 6.92 Å². The summed E-state index contributed by atoms with van der Waals surface area (Å²) in [7, 11) is 1.34. The van der Waals surface area contributed by atoms with Crippen molar-refractivity contribution in [3.8, 4) is 0 Å². The van der Waals surface area contributed by atoms with E-state index in [0.717, 1.165) is 8.66 Å². The smallest absolute Gasteiger partial charge is 0.311 e. The maximum absolute atomic E-state index is 11.8. The van der Waals surface area contributed by atoms with Crippen LogP contribution in [0.4, 0.5) is 5.82 Å². The zero-order valence-corrected chi connectivity index (χ0v) is 16.9. The molecule has 2 aromatic heterocycles. The lowest BCUT2D eigenvalue weighted by Gasteiger charge is -2.21. The summed E-state index contributed by atoms with van der Waals surface area (Å²) in [5, 5.41) is 3.39. The number of carbonyl (C=O) groups is 1. The molecule has 138 valence electrons. The van der Waals surface area contributed by atoms with Crippen molar-refractivity contribution >= 4 is 39.1 Å². The lowest BCUT2D eigenvalue weighted by atomic mass is 10.1. The number of anilines is 1. The molecule has 9 heteroatoms. The Morgan fingerprint density at radius 2 is 2.12 bits per heavy atom. The second kappa shape index (κ2) is 8.05. The largest absolute Gasteiger partial charge is 0.469 e. The highest BCUT2D eigenvalue weighted by Gasteiger charge is 2.28. The number of carbonyl (C=O) groups excluding carboxylic acids is 1. The predicted molar refractivity (Wildman–Crippen MR) is 101 cm³/mol. The second-order valence-corrected chi connectivity index (χ2v) is 8.11. The predicted octanol–water partition coefficient (Wildman–Crippen LogP) is 4.01. The number of aryl methyl sites for hydroxylation is 1. The van der Waals surface area contributed by atoms with E-state index in [4.69, 9.17) is 14.2 Å². The third-order valence-electron chi connectivity index (χ3n) is 3.75. The molecule has 0 amide bonds. The zero-order chi connectivity index (χ0) is 18.7. The van der Waals surface area contributed by atoms with Crippen molar-refractivity contribution in [3.63, 3.8) is 0 Å². The molecule has 0 fully saturated rings. The van der Waals surface area contributed by atoms with Gasteiger partial charge in [0.2, 0.25) is 0 Å². The summed E-state index contributed by atoms with van der Waals surface area (Å²) in [6.07, 6.45) is 2.21. The van der Waals surface area contributed by atoms with Crippen LogP contribution >= 0.6 is 27.3 Å². The fraction of sp³-hybridized carbons (Fsp3) is 0.353. The van der Waals surface area contributed by atoms with E-state index in [1.165, 1.54) is 19.6 Å². The number of esters is 1. The number of rotatable bonds is 6. The summed E-state index contributed by atoms with van der Waals surface area (Å²) in [5.74, 6) is 0.722. The molecule has 3 heterocycles. The molecule has 3 rings (SSSR count). The molecular formula is C17H18BrN3O4S. The van der Waals surface area contributed by atoms with E-state index in [1.807, 2.05) is 19.1 Å². The SMILES string of the molecule is COC(=O)Cc1nc(C)nc(NC(C)c2ccc(Br)s2)c1C1OC=CO1. The lowest BCUT2D eigenvalue weighted by molar-refractivity contribution is -0.139. The lowest BCUT2D eigenvalue weighted by Crippen LogP contribution is -2.18. The van der Waals surface area contributed by atoms with Gasteiger partial charge in [0.05, 0.1) is 34.6 Å². The van der Waals surface area contributed by atoms with Gasteiger partial charge in [-0.1, -0.05) is 0 Å². The number of hydrogen-bond donors (Lipinski definition) is 1. The molecule has 1 N–H and O–H groups in total. The van der Waals surface area contributed by atoms with Crippen LogP contribution in [-0.2, 0) is 25.4 Å². The van der Waals surface area contributed by atoms with Gasteiger partial charge in [0.1, 0.15) is 24.2 Å². The standard InChI is InChI=1S/C17H18BrN3O4S/c1-9(12-4-5-13(18)26-12)19-16-15(17-24-6-7-25-17)11(8-14(22)23-3)20-10(2)21-16/h4-7,9,17H,8H2,1-3H3,(H,19,20,21). The summed E-state index contributed by atoms with van der Waals surface area (Å²) in [4.78, 5) is 21.9. The van der Waals surface area contributed by atoms with Crippen molar-refractivity contribution in [2.24, 2.45) is 0 Å². The molecule has 0 radical (unpaired) electrons. The summed E-state index contributed by atoms with van der Waals surface area (Å²) in [6, 6.07) is 4.04. The Bertz CT molecular complexity index is 831. The highest BCUT2D eigenvalue weighted by atomic mass is 79.9. The van der Waals surface area contributed by atoms with Gasteiger partial charge in [-0.05, 0) is 41.9 Å². The molecule has 1 unspecified atom stereocenters. The highest BCUT2D eigenvalue weighted by Crippen LogP contribution is 2.35. The molecule has 0 aromatic carbocycles. The highest BCUT2D eigenvalue weighted by molar-refractivity contribution is 9.11. The van der Waals surface area contributed by atoms with Crippen LogP contribution in [0.1, 0.15) is 41.2 Å². The van der Waals surface area contributed by atoms with Gasteiger partial charge in [0.25, 0.3) is 6.29 Å². The van der Waals surface area contributed by atoms with Gasteiger partial charge >= 0.3 is 5.97 Å². The van der Waals surface area contributed by atoms with Gasteiger partial charge in [-0.2, -0.15) is 0 Å². The summed E-state index contributed by atoms with van der Waals surface area (Å²) in [5.41, 5.74) is 1.11. The number of methoxy groups -OCH3 is 1. The molecule has 1 aliphatic heterocycles. The minimum absolute atomic E-state index is 0.000288. The monoisotopic (exact) mass is 439 g/mol. The fourth-order valence-electron chi connectivity index (χ4n) is 2.55. The number of aromatic nitrogens is 2. The van der Waals surface area contributed by atoms with Crippen molar-refractivity contribution in [2.45, 2.75) is 32.6 Å². The molecule has 1 atom stereocenters. The molecule has 0 saturated heterocycles. The summed E-state index contributed by atoms with van der Waals surface area (Å²) in [6.45, 7) is 3.81. The molecule has 26 heavy (non-hydrogen) atoms. The first-order valence-electron chi connectivity index (χ1n) is 7.90. The second-order valence-electron chi connectivity index (χ2n) is 5.62. The van der Waals surface area contributed by atoms with Gasteiger partial charge in [0, 0.05) is 4.88 Å². The first kappa shape index (κ1) is 18.7. The average molecular weight is 440 g/mol. The first-order valence-corrected chi connectivity index (χ1v) is 9.50. The van der Waals surface area contributed by atoms with Crippen LogP contribution < -0.4 is 5.32 Å². The van der Waals surface area contributed by atoms with Crippen molar-refractivity contribution in [3.05, 3.63) is 50.4 Å². The van der Waals surface area contributed by atoms with E-state index in [2.05, 4.69) is 31.2 Å². The third-order valence-corrected chi connectivity index (χ3v) is 5.55. The Labute approximate surface area is 163 Å². The summed E-state index contributed by atoms with van der Waals surface area (Å²) >= 11 is 5.12. The number of nitrogens with zero attached hydrogens (tertiary/aromatic N) is 2. The molecule has 0 saturated carbocycles. The average Bonchev–Trinajstić information content (AvgIpc) is 3.26. The normalized spacial score (nSPS) is 14.6. The quantitative estimate of drug-likeness (QED) is 0.680. The Hall–Kier alpha value is -2.13. The van der Waals surface area contributed by atoms with Gasteiger partial charge in [-0.3, -0.25) is 4.79 Å². The van der Waals surface area contributed by atoms with Crippen LogP contribution in [0.5, 0.6) is 0 Å². The third kappa shape index (κ3) is 4.16. The minimum atomic E-state index is -0.708. The summed E-state index contributed by atoms with van der Waals surface area (Å²) < 4.78 is 16.8. The molecule has 7 nitrogen and oxygen atoms in total. The number of thiophene rings is 1. The fourth-order valence-corrected chi connectivity index (χ4v) is 3.98. The maximum Gasteiger partial charge on any atom is 0.311 e. The Morgan fingerprint density at radius 1 is 1.38 bits per heavy atom. The Balaban J connectivity index is 1.97. The molecule has 0 bridgehead atoms. The number of nitrogens with one attached hydrogen (secondary N) is 1. The molecule has 2 aromatic rings. The van der Waals surface area contributed by atoms with E-state index >= 15 is 0 Å². The van der Waals surface area contributed by atoms with Gasteiger partial charge in [0.15, 0.2) is 0 Å². The molecule has 0 spiro atoms. The number of hydrogen-bond acceptors (Lipinski definition) is 8. The Kier molecular flexibility index (Phi) is 5.77. The van der Waals surface area contributed by atoms with Gasteiger partial charge < -0.3 is 19.5 Å². The van der Waals surface area contributed by atoms with Crippen molar-refractivity contribution in [2.75, 3.05) is 12.4 Å². The van der Waals surface area contributed by atoms with E-state index in [0.29, 0.717) is 22.9 Å². The molecular weight excluding hydrogens is 422 g/mol. The van der Waals surface area contributed by atoms with Crippen molar-refractivity contribution in [1.82, 2.24) is 9.97 Å². The minimum Gasteiger partial charge on any atom is -0.469 e. The van der Waals surface area contributed by atoms with Gasteiger partial charge in [-0.25, -0.2) is 9.97 Å². The Morgan fingerprint density at radius 3 is 2.73 bits per heavy atom. The number of ether oxygens (including phenoxy) is 3. The first-order chi connectivity index (χ1) is 12.5. The van der Waals surface area contributed by atoms with Crippen LogP contribution in [-0.4, -0.2) is 23.0 Å². The van der Waals surface area contributed by atoms with Crippen molar-refractivity contribution < 1.29 is 19.0 Å². The van der Waals surface area contributed by atoms with E-state index < -0.39 is 12.3 Å². The van der Waals surface area contributed by atoms with E-state index in [1.54, 1.807) is 18.3 Å². The molecule has 0 aliphatic carbocycles. The van der Waals surface area contributed by atoms with Crippen LogP contribution in [0.3, 0.4) is 0 Å². The van der Waals surface area contributed by atoms with Gasteiger partial charge in [-0.15, -0.1) is 11.3 Å². The topological polar surface area (TPSA) is 82.6 Å². The van der Waals surface area contributed by atoms with Crippen LogP contribution in [0.25, 0.3) is 0 Å². The zero-order valence-electron chi connectivity index (χ0n) is 14.5. The number of halogens is 1. The maximum atomic E-state index is 11.8. The van der Waals surface area contributed by atoms with E-state index in [-0.39, 0.29) is 12.5 Å². The van der Waals surface area contributed by atoms with Crippen molar-refractivity contribution in [1.29, 1.82) is 0 Å².